The van der Waals surface area contributed by atoms with E-state index < -0.39 is 0 Å². The Hall–Kier alpha value is -0.690. The van der Waals surface area contributed by atoms with Crippen LogP contribution in [0.2, 0.25) is 0 Å². The van der Waals surface area contributed by atoms with Crippen molar-refractivity contribution in [2.24, 2.45) is 0 Å². The van der Waals surface area contributed by atoms with E-state index in [9.17, 15) is 9.90 Å². The lowest BCUT2D eigenvalue weighted by molar-refractivity contribution is -0.146. The van der Waals surface area contributed by atoms with E-state index in [0.29, 0.717) is 39.4 Å². The molecule has 0 bridgehead atoms. The molecule has 6 nitrogen and oxygen atoms in total. The molecule has 1 amide bonds. The van der Waals surface area contributed by atoms with Crippen LogP contribution in [0, 0.1) is 0 Å². The SMILES string of the molecule is CC1CN(C(=O)CN2CCOCC2CO)CC(C)O1. The summed E-state index contributed by atoms with van der Waals surface area (Å²) in [6.07, 6.45) is 0.178. The predicted molar refractivity (Wildman–Crippen MR) is 69.9 cm³/mol. The van der Waals surface area contributed by atoms with Crippen LogP contribution in [0.1, 0.15) is 13.8 Å². The van der Waals surface area contributed by atoms with E-state index in [-0.39, 0.29) is 30.8 Å². The van der Waals surface area contributed by atoms with Gasteiger partial charge in [-0.25, -0.2) is 0 Å². The molecule has 0 spiro atoms. The number of hydrogen-bond donors (Lipinski definition) is 1. The standard InChI is InChI=1S/C13H24N2O4/c1-10-5-15(6-11(2)19-10)13(17)7-14-3-4-18-9-12(14)8-16/h10-12,16H,3-9H2,1-2H3. The third-order valence-electron chi connectivity index (χ3n) is 3.67. The second-order valence-corrected chi connectivity index (χ2v) is 5.44. The van der Waals surface area contributed by atoms with E-state index >= 15 is 0 Å². The normalized spacial score (nSPS) is 33.4. The first-order valence-corrected chi connectivity index (χ1v) is 6.96. The number of rotatable bonds is 3. The summed E-state index contributed by atoms with van der Waals surface area (Å²) in [6.45, 7) is 7.49. The topological polar surface area (TPSA) is 62.2 Å². The monoisotopic (exact) mass is 272 g/mol. The molecule has 2 fully saturated rings. The van der Waals surface area contributed by atoms with E-state index in [1.807, 2.05) is 23.6 Å². The summed E-state index contributed by atoms with van der Waals surface area (Å²) in [5, 5.41) is 9.30. The summed E-state index contributed by atoms with van der Waals surface area (Å²) in [7, 11) is 0. The van der Waals surface area contributed by atoms with E-state index in [4.69, 9.17) is 9.47 Å². The smallest absolute Gasteiger partial charge is 0.236 e. The van der Waals surface area contributed by atoms with Crippen molar-refractivity contribution in [3.63, 3.8) is 0 Å². The van der Waals surface area contributed by atoms with Crippen LogP contribution in [0.25, 0.3) is 0 Å². The Morgan fingerprint density at radius 2 is 2.00 bits per heavy atom. The zero-order valence-electron chi connectivity index (χ0n) is 11.7. The lowest BCUT2D eigenvalue weighted by atomic mass is 10.2. The lowest BCUT2D eigenvalue weighted by Crippen LogP contribution is -2.55. The Morgan fingerprint density at radius 1 is 1.32 bits per heavy atom. The predicted octanol–water partition coefficient (Wildman–Crippen LogP) is -0.685. The van der Waals surface area contributed by atoms with Crippen molar-refractivity contribution in [1.82, 2.24) is 9.80 Å². The van der Waals surface area contributed by atoms with E-state index in [1.165, 1.54) is 0 Å². The van der Waals surface area contributed by atoms with Crippen LogP contribution in [0.4, 0.5) is 0 Å². The van der Waals surface area contributed by atoms with Gasteiger partial charge in [0.05, 0.1) is 44.6 Å². The molecule has 0 radical (unpaired) electrons. The largest absolute Gasteiger partial charge is 0.395 e. The average molecular weight is 272 g/mol. The summed E-state index contributed by atoms with van der Waals surface area (Å²) in [5.41, 5.74) is 0. The van der Waals surface area contributed by atoms with Crippen molar-refractivity contribution in [3.8, 4) is 0 Å². The molecule has 3 atom stereocenters. The molecule has 3 unspecified atom stereocenters. The van der Waals surface area contributed by atoms with Gasteiger partial charge in [0, 0.05) is 19.6 Å². The first-order valence-electron chi connectivity index (χ1n) is 6.96. The van der Waals surface area contributed by atoms with Crippen molar-refractivity contribution >= 4 is 5.91 Å². The van der Waals surface area contributed by atoms with E-state index in [0.717, 1.165) is 0 Å². The fourth-order valence-corrected chi connectivity index (χ4v) is 2.72. The summed E-state index contributed by atoms with van der Waals surface area (Å²) in [5.74, 6) is 0.113. The van der Waals surface area contributed by atoms with Crippen LogP contribution >= 0.6 is 0 Å². The van der Waals surface area contributed by atoms with Crippen molar-refractivity contribution in [3.05, 3.63) is 0 Å². The summed E-state index contributed by atoms with van der Waals surface area (Å²) in [6, 6.07) is -0.0615. The minimum absolute atomic E-state index is 0.0309. The van der Waals surface area contributed by atoms with Crippen molar-refractivity contribution in [2.75, 3.05) is 46.0 Å². The highest BCUT2D eigenvalue weighted by molar-refractivity contribution is 5.78. The Morgan fingerprint density at radius 3 is 2.63 bits per heavy atom. The third kappa shape index (κ3) is 3.89. The number of carbonyl (C=O) groups excluding carboxylic acids is 1. The molecule has 2 aliphatic heterocycles. The van der Waals surface area contributed by atoms with Gasteiger partial charge in [0.25, 0.3) is 0 Å². The molecule has 6 heteroatoms. The Kier molecular flexibility index (Phi) is 5.15. The van der Waals surface area contributed by atoms with Gasteiger partial charge < -0.3 is 19.5 Å². The maximum atomic E-state index is 12.3. The van der Waals surface area contributed by atoms with Crippen LogP contribution < -0.4 is 0 Å². The Bertz CT molecular complexity index is 303. The van der Waals surface area contributed by atoms with Gasteiger partial charge in [-0.15, -0.1) is 0 Å². The molecule has 110 valence electrons. The Labute approximate surface area is 114 Å². The quantitative estimate of drug-likeness (QED) is 0.737. The molecule has 2 heterocycles. The molecule has 2 aliphatic rings. The molecule has 0 aromatic rings. The van der Waals surface area contributed by atoms with Crippen LogP contribution in [-0.4, -0.2) is 85.1 Å². The van der Waals surface area contributed by atoms with Gasteiger partial charge in [0.1, 0.15) is 0 Å². The average Bonchev–Trinajstić information content (AvgIpc) is 2.38. The summed E-state index contributed by atoms with van der Waals surface area (Å²) in [4.78, 5) is 16.2. The molecule has 2 rings (SSSR count). The fourth-order valence-electron chi connectivity index (χ4n) is 2.72. The van der Waals surface area contributed by atoms with Crippen LogP contribution in [0.5, 0.6) is 0 Å². The number of amides is 1. The number of nitrogens with zero attached hydrogens (tertiary/aromatic N) is 2. The molecule has 2 saturated heterocycles. The number of ether oxygens (including phenoxy) is 2. The maximum absolute atomic E-state index is 12.3. The molecule has 0 saturated carbocycles. The van der Waals surface area contributed by atoms with Gasteiger partial charge in [-0.2, -0.15) is 0 Å². The molecular weight excluding hydrogens is 248 g/mol. The molecule has 0 aliphatic carbocycles. The van der Waals surface area contributed by atoms with Gasteiger partial charge in [-0.1, -0.05) is 0 Å². The molecule has 19 heavy (non-hydrogen) atoms. The van der Waals surface area contributed by atoms with E-state index in [1.54, 1.807) is 0 Å². The summed E-state index contributed by atoms with van der Waals surface area (Å²) >= 11 is 0. The summed E-state index contributed by atoms with van der Waals surface area (Å²) < 4.78 is 10.9. The molecular formula is C13H24N2O4. The van der Waals surface area contributed by atoms with E-state index in [2.05, 4.69) is 0 Å². The highest BCUT2D eigenvalue weighted by atomic mass is 16.5. The minimum Gasteiger partial charge on any atom is -0.395 e. The second-order valence-electron chi connectivity index (χ2n) is 5.44. The highest BCUT2D eigenvalue weighted by Crippen LogP contribution is 2.12. The second kappa shape index (κ2) is 6.65. The van der Waals surface area contributed by atoms with Gasteiger partial charge in [0.2, 0.25) is 5.91 Å². The minimum atomic E-state index is -0.0615. The van der Waals surface area contributed by atoms with Crippen LogP contribution in [0.15, 0.2) is 0 Å². The zero-order chi connectivity index (χ0) is 13.8. The molecule has 0 aromatic heterocycles. The maximum Gasteiger partial charge on any atom is 0.236 e. The number of aliphatic hydroxyl groups is 1. The Balaban J connectivity index is 1.88. The number of hydrogen-bond acceptors (Lipinski definition) is 5. The third-order valence-corrected chi connectivity index (χ3v) is 3.67. The van der Waals surface area contributed by atoms with Gasteiger partial charge in [-0.3, -0.25) is 9.69 Å². The van der Waals surface area contributed by atoms with Gasteiger partial charge in [-0.05, 0) is 13.8 Å². The number of morpholine rings is 2. The number of carbonyl (C=O) groups is 1. The van der Waals surface area contributed by atoms with Gasteiger partial charge in [0.15, 0.2) is 0 Å². The molecule has 0 aromatic carbocycles. The van der Waals surface area contributed by atoms with Crippen molar-refractivity contribution in [2.45, 2.75) is 32.1 Å². The first kappa shape index (κ1) is 14.7. The first-order chi connectivity index (χ1) is 9.10. The fraction of sp³-hybridized carbons (Fsp3) is 0.923. The lowest BCUT2D eigenvalue weighted by Gasteiger charge is -2.38. The van der Waals surface area contributed by atoms with Crippen molar-refractivity contribution in [1.29, 1.82) is 0 Å². The van der Waals surface area contributed by atoms with Crippen LogP contribution in [0.3, 0.4) is 0 Å². The molecule has 1 N–H and O–H groups in total. The number of aliphatic hydroxyl groups excluding tert-OH is 1. The van der Waals surface area contributed by atoms with Crippen LogP contribution in [-0.2, 0) is 14.3 Å². The van der Waals surface area contributed by atoms with Gasteiger partial charge >= 0.3 is 0 Å². The van der Waals surface area contributed by atoms with Crippen molar-refractivity contribution < 1.29 is 19.4 Å². The highest BCUT2D eigenvalue weighted by Gasteiger charge is 2.29. The zero-order valence-corrected chi connectivity index (χ0v) is 11.7.